The lowest BCUT2D eigenvalue weighted by atomic mass is 9.85. The number of aromatic nitrogens is 12. The first-order valence-electron chi connectivity index (χ1n) is 28.0. The van der Waals surface area contributed by atoms with Crippen LogP contribution in [0.5, 0.6) is 0 Å². The Balaban J connectivity index is 0.000000173. The normalized spacial score (nSPS) is 14.9. The molecule has 0 bridgehead atoms. The highest BCUT2D eigenvalue weighted by atomic mass is 15.1. The molecule has 0 spiro atoms. The van der Waals surface area contributed by atoms with Gasteiger partial charge in [-0.25, -0.2) is 9.97 Å². The van der Waals surface area contributed by atoms with E-state index in [1.807, 2.05) is 99.3 Å². The number of likely N-dealkylation sites (tertiary alicyclic amines) is 1. The zero-order valence-electron chi connectivity index (χ0n) is 46.1. The second kappa shape index (κ2) is 25.6. The van der Waals surface area contributed by atoms with Crippen molar-refractivity contribution >= 4 is 58.5 Å². The van der Waals surface area contributed by atoms with Crippen molar-refractivity contribution in [1.82, 2.24) is 65.2 Å². The summed E-state index contributed by atoms with van der Waals surface area (Å²) in [4.78, 5) is 36.5. The van der Waals surface area contributed by atoms with E-state index in [1.54, 1.807) is 24.8 Å². The highest BCUT2D eigenvalue weighted by Gasteiger charge is 2.17. The molecule has 79 heavy (non-hydrogen) atoms. The number of para-hydroxylation sites is 2. The molecule has 0 unspecified atom stereocenters. The number of imidazole rings is 2. The molecule has 8 aromatic heterocycles. The molecular weight excluding hydrogens is 975 g/mol. The minimum Gasteiger partial charge on any atom is -0.337 e. The SMILES string of the molecule is C=c1c(-c2nc3c(-c4ccncc4)cccc3[nH]2)n[nH]/c1=C/C=C(\C)c1cncc(CC2CCCCC2)c1.C=c1c(-c2nc3c(-c4ccncc4)cccc3[nH]2)n[nH]/c1=C/C=C(\C)c1cncc(CCCN2CCCC2)c1.CC. The van der Waals surface area contributed by atoms with Gasteiger partial charge in [0.15, 0.2) is 11.6 Å². The van der Waals surface area contributed by atoms with Crippen molar-refractivity contribution in [3.8, 4) is 45.3 Å². The van der Waals surface area contributed by atoms with Gasteiger partial charge >= 0.3 is 0 Å². The van der Waals surface area contributed by atoms with Crippen LogP contribution >= 0.6 is 0 Å². The lowest BCUT2D eigenvalue weighted by Crippen LogP contribution is -2.21. The van der Waals surface area contributed by atoms with Gasteiger partial charge in [0, 0.05) is 71.1 Å². The van der Waals surface area contributed by atoms with Gasteiger partial charge in [-0.15, -0.1) is 0 Å². The zero-order chi connectivity index (χ0) is 54.5. The maximum Gasteiger partial charge on any atom is 0.159 e. The van der Waals surface area contributed by atoms with Crippen LogP contribution in [0.1, 0.15) is 101 Å². The number of benzene rings is 2. The molecule has 1 aliphatic carbocycles. The van der Waals surface area contributed by atoms with E-state index < -0.39 is 0 Å². The fraction of sp³-hybridized carbons (Fsp3) is 0.273. The average molecular weight is 1050 g/mol. The molecule has 2 fully saturated rings. The summed E-state index contributed by atoms with van der Waals surface area (Å²) in [5, 5.41) is 18.7. The van der Waals surface area contributed by atoms with Crippen LogP contribution in [0.25, 0.3) is 104 Å². The molecule has 9 heterocycles. The van der Waals surface area contributed by atoms with Crippen molar-refractivity contribution in [2.45, 2.75) is 91.9 Å². The number of aryl methyl sites for hydroxylation is 1. The number of fused-ring (bicyclic) bond motifs is 2. The summed E-state index contributed by atoms with van der Waals surface area (Å²) in [7, 11) is 0. The van der Waals surface area contributed by atoms with Crippen molar-refractivity contribution in [2.75, 3.05) is 19.6 Å². The van der Waals surface area contributed by atoms with Gasteiger partial charge < -0.3 is 14.9 Å². The van der Waals surface area contributed by atoms with Crippen molar-refractivity contribution in [1.29, 1.82) is 0 Å². The molecule has 12 rings (SSSR count). The van der Waals surface area contributed by atoms with Gasteiger partial charge in [0.1, 0.15) is 11.4 Å². The van der Waals surface area contributed by atoms with Gasteiger partial charge in [-0.3, -0.25) is 30.1 Å². The molecule has 0 amide bonds. The van der Waals surface area contributed by atoms with Crippen LogP contribution in [0.3, 0.4) is 0 Å². The monoisotopic (exact) mass is 1050 g/mol. The zero-order valence-corrected chi connectivity index (χ0v) is 46.1. The van der Waals surface area contributed by atoms with Crippen molar-refractivity contribution in [3.63, 3.8) is 0 Å². The third kappa shape index (κ3) is 12.9. The highest BCUT2D eigenvalue weighted by Crippen LogP contribution is 2.31. The molecule has 1 saturated carbocycles. The second-order valence-electron chi connectivity index (χ2n) is 20.5. The van der Waals surface area contributed by atoms with Gasteiger partial charge in [0.25, 0.3) is 0 Å². The van der Waals surface area contributed by atoms with Gasteiger partial charge in [0.05, 0.1) is 32.8 Å². The van der Waals surface area contributed by atoms with Crippen molar-refractivity contribution < 1.29 is 0 Å². The number of hydrogen-bond donors (Lipinski definition) is 4. The first-order chi connectivity index (χ1) is 38.8. The summed E-state index contributed by atoms with van der Waals surface area (Å²) in [6.07, 6.45) is 36.2. The minimum absolute atomic E-state index is 0.693. The molecule has 1 saturated heterocycles. The van der Waals surface area contributed by atoms with E-state index in [0.717, 1.165) is 112 Å². The Hall–Kier alpha value is -8.68. The molecule has 13 heteroatoms. The highest BCUT2D eigenvalue weighted by molar-refractivity contribution is 5.94. The van der Waals surface area contributed by atoms with Crippen molar-refractivity contribution in [2.24, 2.45) is 5.92 Å². The van der Waals surface area contributed by atoms with E-state index in [9.17, 15) is 0 Å². The quantitative estimate of drug-likeness (QED) is 0.0828. The summed E-state index contributed by atoms with van der Waals surface area (Å²) in [6.45, 7) is 20.5. The van der Waals surface area contributed by atoms with E-state index in [-0.39, 0.29) is 0 Å². The van der Waals surface area contributed by atoms with E-state index >= 15 is 0 Å². The van der Waals surface area contributed by atoms with Crippen molar-refractivity contribution in [3.05, 3.63) is 178 Å². The van der Waals surface area contributed by atoms with E-state index in [1.165, 1.54) is 82.1 Å². The maximum absolute atomic E-state index is 4.90. The van der Waals surface area contributed by atoms with Crippen LogP contribution in [0.4, 0.5) is 0 Å². The number of aromatic amines is 4. The summed E-state index contributed by atoms with van der Waals surface area (Å²) in [5.74, 6) is 2.19. The van der Waals surface area contributed by atoms with Crippen LogP contribution in [-0.2, 0) is 12.8 Å². The summed E-state index contributed by atoms with van der Waals surface area (Å²) in [6, 6.07) is 24.8. The molecule has 400 valence electrons. The Morgan fingerprint density at radius 3 is 1.61 bits per heavy atom. The number of nitrogens with one attached hydrogen (secondary N) is 4. The topological polar surface area (TPSA) is 170 Å². The van der Waals surface area contributed by atoms with Crippen LogP contribution in [0.2, 0.25) is 0 Å². The molecule has 2 aromatic carbocycles. The van der Waals surface area contributed by atoms with E-state index in [2.05, 4.69) is 119 Å². The fourth-order valence-electron chi connectivity index (χ4n) is 10.7. The van der Waals surface area contributed by atoms with Gasteiger partial charge in [-0.05, 0) is 177 Å². The molecule has 4 N–H and O–H groups in total. The molecule has 0 atom stereocenters. The van der Waals surface area contributed by atoms with E-state index in [4.69, 9.17) is 9.97 Å². The minimum atomic E-state index is 0.693. The number of H-pyrrole nitrogens is 4. The standard InChI is InChI=1S/C32H33N7.C32H32N6.C2H6/c1-22(26-19-24(20-34-21-26)7-6-18-39-16-3-4-17-39)10-11-28-23(2)30(38-37-28)32-35-29-9-5-8-27(31(29)36-32)25-12-14-33-15-13-25;1-21(26-18-24(19-34-20-26)17-23-7-4-3-5-8-23)11-12-28-22(2)30(38-37-28)32-35-29-10-6-9-27(31(29)36-32)25-13-15-33-16-14-25;1-2/h5,8-15,19-21,37H,2-4,6-7,16-18H2,1H3,(H,35,36);6,9-16,18-20,23,37H,2-5,7-8,17H2,1H3,(H,35,36);1-2H3/b22-10+,28-11+;21-11+,28-12+;. The Morgan fingerprint density at radius 1 is 0.595 bits per heavy atom. The van der Waals surface area contributed by atoms with Crippen LogP contribution in [0, 0.1) is 5.92 Å². The van der Waals surface area contributed by atoms with Gasteiger partial charge in [0.2, 0.25) is 0 Å². The van der Waals surface area contributed by atoms with Gasteiger partial charge in [-0.1, -0.05) is 95.5 Å². The second-order valence-corrected chi connectivity index (χ2v) is 20.5. The smallest absolute Gasteiger partial charge is 0.159 e. The number of rotatable bonds is 14. The first kappa shape index (κ1) is 53.7. The Bertz CT molecular complexity index is 3940. The van der Waals surface area contributed by atoms with Crippen LogP contribution in [-0.4, -0.2) is 84.8 Å². The lowest BCUT2D eigenvalue weighted by molar-refractivity contribution is 0.334. The van der Waals surface area contributed by atoms with Crippen LogP contribution < -0.4 is 21.1 Å². The third-order valence-electron chi connectivity index (χ3n) is 15.1. The molecule has 2 aliphatic rings. The maximum atomic E-state index is 4.90. The molecule has 0 radical (unpaired) electrons. The predicted molar refractivity (Wildman–Crippen MR) is 324 cm³/mol. The van der Waals surface area contributed by atoms with E-state index in [0.29, 0.717) is 17.3 Å². The summed E-state index contributed by atoms with van der Waals surface area (Å²) >= 11 is 0. The third-order valence-corrected chi connectivity index (χ3v) is 15.1. The first-order valence-corrected chi connectivity index (χ1v) is 28.0. The largest absolute Gasteiger partial charge is 0.337 e. The number of pyridine rings is 4. The number of nitrogens with zero attached hydrogens (tertiary/aromatic N) is 9. The Morgan fingerprint density at radius 2 is 1.09 bits per heavy atom. The lowest BCUT2D eigenvalue weighted by Gasteiger charge is -2.21. The molecular formula is C66H71N13. The predicted octanol–water partition coefficient (Wildman–Crippen LogP) is 11.6. The van der Waals surface area contributed by atoms with Gasteiger partial charge in [-0.2, -0.15) is 10.2 Å². The van der Waals surface area contributed by atoms with Crippen LogP contribution in [0.15, 0.2) is 135 Å². The number of hydrogen-bond acceptors (Lipinski definition) is 9. The molecule has 1 aliphatic heterocycles. The summed E-state index contributed by atoms with van der Waals surface area (Å²) < 4.78 is 0. The molecule has 13 nitrogen and oxygen atoms in total. The average Bonchev–Trinajstić information content (AvgIpc) is 4.49. The Labute approximate surface area is 462 Å². The number of allylic oxidation sites excluding steroid dienone is 4. The summed E-state index contributed by atoms with van der Waals surface area (Å²) in [5.41, 5.74) is 16.6. The molecule has 10 aromatic rings. The fourth-order valence-corrected chi connectivity index (χ4v) is 10.7. The Kier molecular flexibility index (Phi) is 17.4.